The van der Waals surface area contributed by atoms with Crippen LogP contribution in [-0.2, 0) is 11.2 Å². The van der Waals surface area contributed by atoms with E-state index in [0.29, 0.717) is 25.6 Å². The van der Waals surface area contributed by atoms with Crippen molar-refractivity contribution in [2.24, 2.45) is 4.99 Å². The zero-order chi connectivity index (χ0) is 19.6. The van der Waals surface area contributed by atoms with Gasteiger partial charge in [-0.15, -0.1) is 0 Å². The van der Waals surface area contributed by atoms with Gasteiger partial charge in [0.25, 0.3) is 0 Å². The zero-order valence-electron chi connectivity index (χ0n) is 15.8. The van der Waals surface area contributed by atoms with Gasteiger partial charge in [0.2, 0.25) is 0 Å². The predicted octanol–water partition coefficient (Wildman–Crippen LogP) is 2.59. The molecule has 3 N–H and O–H groups in total. The predicted molar refractivity (Wildman–Crippen MR) is 98.3 cm³/mol. The average Bonchev–Trinajstić information content (AvgIpc) is 2.52. The third-order valence-electron chi connectivity index (χ3n) is 3.12. The number of amides is 1. The number of carbonyl (C=O) groups excluding carboxylic acids is 1. The SMILES string of the molecule is CCNC(=NCCc1c(F)cccc1F)NCCNC(=O)OC(C)(C)C. The van der Waals surface area contributed by atoms with Crippen molar-refractivity contribution >= 4 is 12.1 Å². The molecule has 0 saturated heterocycles. The van der Waals surface area contributed by atoms with Crippen LogP contribution in [0.25, 0.3) is 0 Å². The van der Waals surface area contributed by atoms with Crippen LogP contribution in [0.5, 0.6) is 0 Å². The summed E-state index contributed by atoms with van der Waals surface area (Å²) in [6, 6.07) is 3.79. The molecule has 0 fully saturated rings. The maximum Gasteiger partial charge on any atom is 0.407 e. The number of carbonyl (C=O) groups is 1. The van der Waals surface area contributed by atoms with E-state index in [9.17, 15) is 13.6 Å². The van der Waals surface area contributed by atoms with Gasteiger partial charge in [0.15, 0.2) is 5.96 Å². The Morgan fingerprint density at radius 1 is 1.12 bits per heavy atom. The molecule has 0 aliphatic carbocycles. The largest absolute Gasteiger partial charge is 0.444 e. The van der Waals surface area contributed by atoms with E-state index in [4.69, 9.17) is 4.74 Å². The monoisotopic (exact) mass is 370 g/mol. The number of ether oxygens (including phenoxy) is 1. The summed E-state index contributed by atoms with van der Waals surface area (Å²) in [5.41, 5.74) is -0.519. The van der Waals surface area contributed by atoms with Crippen LogP contribution in [0.3, 0.4) is 0 Å². The van der Waals surface area contributed by atoms with Crippen LogP contribution in [0.4, 0.5) is 13.6 Å². The van der Waals surface area contributed by atoms with Crippen molar-refractivity contribution in [3.63, 3.8) is 0 Å². The lowest BCUT2D eigenvalue weighted by Crippen LogP contribution is -2.42. The number of alkyl carbamates (subject to hydrolysis) is 1. The number of nitrogens with zero attached hydrogens (tertiary/aromatic N) is 1. The van der Waals surface area contributed by atoms with Crippen molar-refractivity contribution in [1.82, 2.24) is 16.0 Å². The third-order valence-corrected chi connectivity index (χ3v) is 3.12. The molecule has 6 nitrogen and oxygen atoms in total. The van der Waals surface area contributed by atoms with Gasteiger partial charge in [-0.2, -0.15) is 0 Å². The zero-order valence-corrected chi connectivity index (χ0v) is 15.8. The Morgan fingerprint density at radius 2 is 1.73 bits per heavy atom. The van der Waals surface area contributed by atoms with Crippen LogP contribution >= 0.6 is 0 Å². The molecule has 0 heterocycles. The number of hydrogen-bond donors (Lipinski definition) is 3. The van der Waals surface area contributed by atoms with Crippen LogP contribution in [0.15, 0.2) is 23.2 Å². The van der Waals surface area contributed by atoms with Crippen molar-refractivity contribution in [2.45, 2.75) is 39.7 Å². The Morgan fingerprint density at radius 3 is 2.31 bits per heavy atom. The number of aliphatic imine (C=N–C) groups is 1. The quantitative estimate of drug-likeness (QED) is 0.392. The Balaban J connectivity index is 2.43. The van der Waals surface area contributed by atoms with Gasteiger partial charge in [0.05, 0.1) is 0 Å². The number of hydrogen-bond acceptors (Lipinski definition) is 3. The Bertz CT molecular complexity index is 595. The van der Waals surface area contributed by atoms with E-state index in [1.807, 2.05) is 6.92 Å². The lowest BCUT2D eigenvalue weighted by Gasteiger charge is -2.19. The van der Waals surface area contributed by atoms with E-state index < -0.39 is 23.3 Å². The normalized spacial score (nSPS) is 11.8. The van der Waals surface area contributed by atoms with Crippen molar-refractivity contribution in [3.8, 4) is 0 Å². The molecule has 0 spiro atoms. The first kappa shape index (κ1) is 21.7. The first-order valence-electron chi connectivity index (χ1n) is 8.65. The van der Waals surface area contributed by atoms with Gasteiger partial charge in [-0.05, 0) is 46.2 Å². The molecule has 26 heavy (non-hydrogen) atoms. The Kier molecular flexibility index (Phi) is 8.81. The first-order valence-corrected chi connectivity index (χ1v) is 8.65. The van der Waals surface area contributed by atoms with Gasteiger partial charge in [0, 0.05) is 31.7 Å². The third kappa shape index (κ3) is 8.64. The van der Waals surface area contributed by atoms with Crippen LogP contribution < -0.4 is 16.0 Å². The number of benzene rings is 1. The van der Waals surface area contributed by atoms with Crippen LogP contribution in [0.1, 0.15) is 33.3 Å². The molecular formula is C18H28F2N4O2. The fraction of sp³-hybridized carbons (Fsp3) is 0.556. The summed E-state index contributed by atoms with van der Waals surface area (Å²) >= 11 is 0. The molecule has 1 aromatic rings. The van der Waals surface area contributed by atoms with Crippen LogP contribution in [0.2, 0.25) is 0 Å². The highest BCUT2D eigenvalue weighted by Crippen LogP contribution is 2.12. The highest BCUT2D eigenvalue weighted by Gasteiger charge is 2.15. The van der Waals surface area contributed by atoms with E-state index in [0.717, 1.165) is 0 Å². The summed E-state index contributed by atoms with van der Waals surface area (Å²) in [4.78, 5) is 15.8. The van der Waals surface area contributed by atoms with Crippen molar-refractivity contribution < 1.29 is 18.3 Å². The molecule has 0 atom stereocenters. The Hall–Kier alpha value is -2.38. The minimum atomic E-state index is -0.570. The van der Waals surface area contributed by atoms with Crippen LogP contribution in [-0.4, -0.2) is 43.8 Å². The maximum absolute atomic E-state index is 13.6. The summed E-state index contributed by atoms with van der Waals surface area (Å²) in [6.45, 7) is 8.93. The van der Waals surface area contributed by atoms with Gasteiger partial charge in [-0.3, -0.25) is 4.99 Å². The second kappa shape index (κ2) is 10.6. The minimum Gasteiger partial charge on any atom is -0.444 e. The molecule has 0 radical (unpaired) electrons. The lowest BCUT2D eigenvalue weighted by molar-refractivity contribution is 0.0529. The van der Waals surface area contributed by atoms with Crippen molar-refractivity contribution in [3.05, 3.63) is 35.4 Å². The first-order chi connectivity index (χ1) is 12.2. The number of nitrogens with one attached hydrogen (secondary N) is 3. The van der Waals surface area contributed by atoms with Crippen molar-refractivity contribution in [2.75, 3.05) is 26.2 Å². The molecule has 0 aliphatic rings. The molecule has 0 bridgehead atoms. The van der Waals surface area contributed by atoms with Crippen LogP contribution in [0, 0.1) is 11.6 Å². The molecule has 8 heteroatoms. The fourth-order valence-electron chi connectivity index (χ4n) is 2.05. The number of rotatable bonds is 7. The second-order valence-corrected chi connectivity index (χ2v) is 6.57. The molecule has 146 valence electrons. The highest BCUT2D eigenvalue weighted by atomic mass is 19.1. The molecule has 1 aromatic carbocycles. The highest BCUT2D eigenvalue weighted by molar-refractivity contribution is 5.79. The summed E-state index contributed by atoms with van der Waals surface area (Å²) in [5, 5.41) is 8.70. The number of halogens is 2. The molecule has 0 saturated carbocycles. The summed E-state index contributed by atoms with van der Waals surface area (Å²) < 4.78 is 32.3. The topological polar surface area (TPSA) is 74.8 Å². The molecule has 0 unspecified atom stereocenters. The Labute approximate surface area is 153 Å². The lowest BCUT2D eigenvalue weighted by atomic mass is 10.1. The molecule has 0 aromatic heterocycles. The van der Waals surface area contributed by atoms with E-state index in [-0.39, 0.29) is 18.5 Å². The van der Waals surface area contributed by atoms with E-state index in [1.165, 1.54) is 18.2 Å². The van der Waals surface area contributed by atoms with E-state index in [2.05, 4.69) is 20.9 Å². The van der Waals surface area contributed by atoms with E-state index >= 15 is 0 Å². The summed E-state index contributed by atoms with van der Waals surface area (Å²) in [7, 11) is 0. The summed E-state index contributed by atoms with van der Waals surface area (Å²) in [6.07, 6.45) is -0.332. The number of guanidine groups is 1. The van der Waals surface area contributed by atoms with E-state index in [1.54, 1.807) is 20.8 Å². The molecule has 1 amide bonds. The standard InChI is InChI=1S/C18H28F2N4O2/c1-5-21-16(23-11-12-24-17(25)26-18(2,3)4)22-10-9-13-14(19)7-6-8-15(13)20/h6-8H,5,9-12H2,1-4H3,(H,24,25)(H2,21,22,23). The molecule has 0 aliphatic heterocycles. The van der Waals surface area contributed by atoms with Crippen molar-refractivity contribution in [1.29, 1.82) is 0 Å². The second-order valence-electron chi connectivity index (χ2n) is 6.57. The molecule has 1 rings (SSSR count). The fourth-order valence-corrected chi connectivity index (χ4v) is 2.05. The van der Waals surface area contributed by atoms with Gasteiger partial charge in [-0.25, -0.2) is 13.6 Å². The summed E-state index contributed by atoms with van der Waals surface area (Å²) in [5.74, 6) is -0.630. The van der Waals surface area contributed by atoms with Gasteiger partial charge < -0.3 is 20.7 Å². The molecular weight excluding hydrogens is 342 g/mol. The average molecular weight is 370 g/mol. The smallest absolute Gasteiger partial charge is 0.407 e. The van der Waals surface area contributed by atoms with Gasteiger partial charge in [-0.1, -0.05) is 6.07 Å². The van der Waals surface area contributed by atoms with Gasteiger partial charge >= 0.3 is 6.09 Å². The maximum atomic E-state index is 13.6. The minimum absolute atomic E-state index is 0.0266. The van der Waals surface area contributed by atoms with Gasteiger partial charge in [0.1, 0.15) is 17.2 Å².